The van der Waals surface area contributed by atoms with Crippen LogP contribution in [-0.2, 0) is 17.9 Å². The number of para-hydroxylation sites is 1. The standard InChI is InChI=1S/C22H28N2O2S.ClH/c1-26-21-7-3-2-5-17(21)14-24(15-20-6-4-10-27-20)22(25)13-16-11-18-8-9-19(12-16)23-18;/h2-7,10,16,18-19,23H,8-9,11-15H2,1H3;1H. The minimum atomic E-state index is 0. The number of nitrogens with one attached hydrogen (secondary N) is 1. The van der Waals surface area contributed by atoms with Gasteiger partial charge in [-0.3, -0.25) is 4.79 Å². The molecule has 2 fully saturated rings. The van der Waals surface area contributed by atoms with Gasteiger partial charge in [-0.25, -0.2) is 0 Å². The molecule has 3 heterocycles. The van der Waals surface area contributed by atoms with Gasteiger partial charge in [0.2, 0.25) is 5.91 Å². The molecule has 4 rings (SSSR count). The van der Waals surface area contributed by atoms with Crippen molar-refractivity contribution < 1.29 is 9.53 Å². The number of carbonyl (C=O) groups is 1. The monoisotopic (exact) mass is 420 g/mol. The van der Waals surface area contributed by atoms with Gasteiger partial charge in [-0.2, -0.15) is 0 Å². The molecule has 2 bridgehead atoms. The highest BCUT2D eigenvalue weighted by atomic mass is 35.5. The molecule has 2 unspecified atom stereocenters. The Balaban J connectivity index is 0.00000225. The summed E-state index contributed by atoms with van der Waals surface area (Å²) in [6.45, 7) is 1.27. The lowest BCUT2D eigenvalue weighted by Crippen LogP contribution is -2.40. The fourth-order valence-electron chi connectivity index (χ4n) is 4.58. The first kappa shape index (κ1) is 21.2. The third-order valence-electron chi connectivity index (χ3n) is 5.87. The number of thiophene rings is 1. The fourth-order valence-corrected chi connectivity index (χ4v) is 5.30. The zero-order chi connectivity index (χ0) is 18.6. The highest BCUT2D eigenvalue weighted by molar-refractivity contribution is 7.09. The van der Waals surface area contributed by atoms with Gasteiger partial charge in [0.1, 0.15) is 5.75 Å². The predicted octanol–water partition coefficient (Wildman–Crippen LogP) is 4.63. The van der Waals surface area contributed by atoms with Gasteiger partial charge in [-0.15, -0.1) is 23.7 Å². The molecule has 0 saturated carbocycles. The largest absolute Gasteiger partial charge is 0.496 e. The van der Waals surface area contributed by atoms with Crippen LogP contribution in [-0.4, -0.2) is 30.0 Å². The van der Waals surface area contributed by atoms with E-state index in [4.69, 9.17) is 4.74 Å². The highest BCUT2D eigenvalue weighted by Gasteiger charge is 2.35. The van der Waals surface area contributed by atoms with Gasteiger partial charge in [-0.05, 0) is 49.1 Å². The summed E-state index contributed by atoms with van der Waals surface area (Å²) >= 11 is 1.71. The number of halogens is 1. The number of piperidine rings is 1. The molecule has 1 aromatic heterocycles. The third kappa shape index (κ3) is 5.07. The van der Waals surface area contributed by atoms with E-state index in [0.29, 0.717) is 37.5 Å². The summed E-state index contributed by atoms with van der Waals surface area (Å²) in [5.41, 5.74) is 1.07. The maximum absolute atomic E-state index is 13.2. The number of hydrogen-bond donors (Lipinski definition) is 1. The normalized spacial score (nSPS) is 23.1. The number of carbonyl (C=O) groups excluding carboxylic acids is 1. The van der Waals surface area contributed by atoms with Crippen LogP contribution in [0.5, 0.6) is 5.75 Å². The predicted molar refractivity (Wildman–Crippen MR) is 116 cm³/mol. The zero-order valence-electron chi connectivity index (χ0n) is 16.3. The van der Waals surface area contributed by atoms with Gasteiger partial charge in [0.15, 0.2) is 0 Å². The Bertz CT molecular complexity index is 756. The van der Waals surface area contributed by atoms with Gasteiger partial charge in [0.25, 0.3) is 0 Å². The van der Waals surface area contributed by atoms with Crippen molar-refractivity contribution in [3.05, 3.63) is 52.2 Å². The first-order valence-electron chi connectivity index (χ1n) is 9.89. The van der Waals surface area contributed by atoms with E-state index in [0.717, 1.165) is 24.2 Å². The maximum atomic E-state index is 13.2. The Labute approximate surface area is 177 Å². The lowest BCUT2D eigenvalue weighted by molar-refractivity contribution is -0.133. The second kappa shape index (κ2) is 9.77. The molecule has 6 heteroatoms. The number of hydrogen-bond acceptors (Lipinski definition) is 4. The molecule has 4 nitrogen and oxygen atoms in total. The van der Waals surface area contributed by atoms with Crippen LogP contribution in [0.4, 0.5) is 0 Å². The highest BCUT2D eigenvalue weighted by Crippen LogP contribution is 2.33. The van der Waals surface area contributed by atoms with Gasteiger partial charge in [0.05, 0.1) is 13.7 Å². The Kier molecular flexibility index (Phi) is 7.38. The SMILES string of the molecule is COc1ccccc1CN(Cc1cccs1)C(=O)CC1CC2CCC(C1)N2.Cl. The Morgan fingerprint density at radius 2 is 1.89 bits per heavy atom. The number of nitrogens with zero attached hydrogens (tertiary/aromatic N) is 1. The average Bonchev–Trinajstić information content (AvgIpc) is 3.31. The van der Waals surface area contributed by atoms with E-state index < -0.39 is 0 Å². The van der Waals surface area contributed by atoms with Crippen LogP contribution in [0.3, 0.4) is 0 Å². The molecule has 2 atom stereocenters. The van der Waals surface area contributed by atoms with E-state index >= 15 is 0 Å². The number of ether oxygens (including phenoxy) is 1. The Morgan fingerprint density at radius 1 is 1.14 bits per heavy atom. The Morgan fingerprint density at radius 3 is 2.57 bits per heavy atom. The van der Waals surface area contributed by atoms with Gasteiger partial charge in [0, 0.05) is 35.5 Å². The van der Waals surface area contributed by atoms with E-state index in [1.807, 2.05) is 23.1 Å². The van der Waals surface area contributed by atoms with Crippen molar-refractivity contribution in [3.8, 4) is 5.75 Å². The molecule has 28 heavy (non-hydrogen) atoms. The molecule has 152 valence electrons. The molecule has 0 radical (unpaired) electrons. The first-order chi connectivity index (χ1) is 13.2. The maximum Gasteiger partial charge on any atom is 0.223 e. The first-order valence-corrected chi connectivity index (χ1v) is 10.8. The number of methoxy groups -OCH3 is 1. The molecule has 1 aromatic carbocycles. The van der Waals surface area contributed by atoms with Gasteiger partial charge in [-0.1, -0.05) is 24.3 Å². The van der Waals surface area contributed by atoms with Gasteiger partial charge < -0.3 is 15.0 Å². The van der Waals surface area contributed by atoms with E-state index in [1.54, 1.807) is 18.4 Å². The number of benzene rings is 1. The smallest absolute Gasteiger partial charge is 0.223 e. The topological polar surface area (TPSA) is 41.6 Å². The summed E-state index contributed by atoms with van der Waals surface area (Å²) in [5.74, 6) is 1.63. The summed E-state index contributed by atoms with van der Waals surface area (Å²) < 4.78 is 5.50. The van der Waals surface area contributed by atoms with Crippen molar-refractivity contribution in [2.45, 2.75) is 57.3 Å². The molecular formula is C22H29ClN2O2S. The molecular weight excluding hydrogens is 392 g/mol. The number of fused-ring (bicyclic) bond motifs is 2. The second-order valence-corrected chi connectivity index (χ2v) is 8.85. The Hall–Kier alpha value is -1.56. The summed E-state index contributed by atoms with van der Waals surface area (Å²) in [7, 11) is 1.69. The molecule has 0 spiro atoms. The van der Waals surface area contributed by atoms with Crippen molar-refractivity contribution in [2.75, 3.05) is 7.11 Å². The quantitative estimate of drug-likeness (QED) is 0.710. The summed E-state index contributed by atoms with van der Waals surface area (Å²) in [6.07, 6.45) is 5.49. The van der Waals surface area contributed by atoms with Crippen LogP contribution >= 0.6 is 23.7 Å². The lowest BCUT2D eigenvalue weighted by Gasteiger charge is -2.31. The molecule has 2 aliphatic rings. The summed E-state index contributed by atoms with van der Waals surface area (Å²) in [6, 6.07) is 13.4. The van der Waals surface area contributed by atoms with E-state index in [-0.39, 0.29) is 18.3 Å². The molecule has 2 aliphatic heterocycles. The van der Waals surface area contributed by atoms with Crippen LogP contribution in [0.2, 0.25) is 0 Å². The van der Waals surface area contributed by atoms with Crippen molar-refractivity contribution in [2.24, 2.45) is 5.92 Å². The number of amides is 1. The minimum absolute atomic E-state index is 0. The molecule has 2 aromatic rings. The van der Waals surface area contributed by atoms with Crippen molar-refractivity contribution in [1.29, 1.82) is 0 Å². The number of rotatable bonds is 7. The van der Waals surface area contributed by atoms with Crippen molar-refractivity contribution in [3.63, 3.8) is 0 Å². The minimum Gasteiger partial charge on any atom is -0.496 e. The van der Waals surface area contributed by atoms with E-state index in [2.05, 4.69) is 28.9 Å². The fraction of sp³-hybridized carbons (Fsp3) is 0.500. The van der Waals surface area contributed by atoms with Crippen LogP contribution in [0, 0.1) is 5.92 Å². The van der Waals surface area contributed by atoms with Crippen LogP contribution < -0.4 is 10.1 Å². The zero-order valence-corrected chi connectivity index (χ0v) is 17.9. The summed E-state index contributed by atoms with van der Waals surface area (Å²) in [5, 5.41) is 5.75. The van der Waals surface area contributed by atoms with Crippen LogP contribution in [0.25, 0.3) is 0 Å². The van der Waals surface area contributed by atoms with E-state index in [1.165, 1.54) is 17.7 Å². The molecule has 1 N–H and O–H groups in total. The van der Waals surface area contributed by atoms with Gasteiger partial charge >= 0.3 is 0 Å². The lowest BCUT2D eigenvalue weighted by atomic mass is 9.89. The summed E-state index contributed by atoms with van der Waals surface area (Å²) in [4.78, 5) is 16.5. The average molecular weight is 421 g/mol. The van der Waals surface area contributed by atoms with Crippen molar-refractivity contribution >= 4 is 29.7 Å². The molecule has 2 saturated heterocycles. The van der Waals surface area contributed by atoms with Crippen LogP contribution in [0.15, 0.2) is 41.8 Å². The molecule has 0 aliphatic carbocycles. The molecule has 1 amide bonds. The second-order valence-electron chi connectivity index (χ2n) is 7.82. The van der Waals surface area contributed by atoms with Crippen LogP contribution in [0.1, 0.15) is 42.5 Å². The van der Waals surface area contributed by atoms with Crippen molar-refractivity contribution in [1.82, 2.24) is 10.2 Å². The van der Waals surface area contributed by atoms with E-state index in [9.17, 15) is 4.79 Å². The third-order valence-corrected chi connectivity index (χ3v) is 6.73.